The van der Waals surface area contributed by atoms with Crippen LogP contribution in [0.4, 0.5) is 0 Å². The van der Waals surface area contributed by atoms with Crippen LogP contribution in [0.3, 0.4) is 0 Å². The SMILES string of the molecule is O=Cc1cccnc1C1CCNCC1. The van der Waals surface area contributed by atoms with Gasteiger partial charge >= 0.3 is 0 Å². The maximum Gasteiger partial charge on any atom is 0.151 e. The molecule has 1 aliphatic heterocycles. The van der Waals surface area contributed by atoms with Crippen LogP contribution in [-0.2, 0) is 0 Å². The molecule has 0 aliphatic carbocycles. The summed E-state index contributed by atoms with van der Waals surface area (Å²) in [6.45, 7) is 2.05. The van der Waals surface area contributed by atoms with Crippen molar-refractivity contribution in [2.75, 3.05) is 13.1 Å². The molecule has 0 unspecified atom stereocenters. The van der Waals surface area contributed by atoms with Crippen LogP contribution in [0.2, 0.25) is 0 Å². The fourth-order valence-corrected chi connectivity index (χ4v) is 1.97. The Bertz CT molecular complexity index is 319. The van der Waals surface area contributed by atoms with E-state index in [9.17, 15) is 4.79 Å². The largest absolute Gasteiger partial charge is 0.317 e. The van der Waals surface area contributed by atoms with E-state index in [1.165, 1.54) is 0 Å². The van der Waals surface area contributed by atoms with Gasteiger partial charge in [0, 0.05) is 17.7 Å². The Hall–Kier alpha value is -1.22. The highest BCUT2D eigenvalue weighted by Gasteiger charge is 2.18. The summed E-state index contributed by atoms with van der Waals surface area (Å²) in [5.41, 5.74) is 1.73. The van der Waals surface area contributed by atoms with Crippen LogP contribution in [0.25, 0.3) is 0 Å². The fourth-order valence-electron chi connectivity index (χ4n) is 1.97. The highest BCUT2D eigenvalue weighted by Crippen LogP contribution is 2.25. The average molecular weight is 190 g/mol. The number of hydrogen-bond acceptors (Lipinski definition) is 3. The van der Waals surface area contributed by atoms with Crippen molar-refractivity contribution in [1.29, 1.82) is 0 Å². The molecule has 1 aromatic heterocycles. The average Bonchev–Trinajstić information content (AvgIpc) is 2.30. The minimum Gasteiger partial charge on any atom is -0.317 e. The molecule has 0 saturated carbocycles. The Morgan fingerprint density at radius 3 is 2.93 bits per heavy atom. The topological polar surface area (TPSA) is 42.0 Å². The van der Waals surface area contributed by atoms with Gasteiger partial charge in [-0.1, -0.05) is 0 Å². The van der Waals surface area contributed by atoms with Gasteiger partial charge in [0.15, 0.2) is 6.29 Å². The monoisotopic (exact) mass is 190 g/mol. The van der Waals surface area contributed by atoms with E-state index in [2.05, 4.69) is 10.3 Å². The molecule has 0 amide bonds. The second-order valence-corrected chi connectivity index (χ2v) is 3.62. The summed E-state index contributed by atoms with van der Waals surface area (Å²) in [6.07, 6.45) is 4.84. The molecule has 3 nitrogen and oxygen atoms in total. The second-order valence-electron chi connectivity index (χ2n) is 3.62. The highest BCUT2D eigenvalue weighted by atomic mass is 16.1. The summed E-state index contributed by atoms with van der Waals surface area (Å²) in [5, 5.41) is 3.31. The molecular formula is C11H14N2O. The van der Waals surface area contributed by atoms with E-state index < -0.39 is 0 Å². The lowest BCUT2D eigenvalue weighted by Crippen LogP contribution is -2.27. The zero-order chi connectivity index (χ0) is 9.80. The smallest absolute Gasteiger partial charge is 0.151 e. The first-order valence-electron chi connectivity index (χ1n) is 5.02. The van der Waals surface area contributed by atoms with Crippen molar-refractivity contribution >= 4 is 6.29 Å². The number of pyridine rings is 1. The molecular weight excluding hydrogens is 176 g/mol. The summed E-state index contributed by atoms with van der Waals surface area (Å²) in [7, 11) is 0. The molecule has 2 rings (SSSR count). The Morgan fingerprint density at radius 2 is 2.21 bits per heavy atom. The van der Waals surface area contributed by atoms with Gasteiger partial charge in [-0.2, -0.15) is 0 Å². The van der Waals surface area contributed by atoms with Gasteiger partial charge in [0.25, 0.3) is 0 Å². The molecule has 0 spiro atoms. The molecule has 1 aromatic rings. The number of rotatable bonds is 2. The zero-order valence-electron chi connectivity index (χ0n) is 8.07. The van der Waals surface area contributed by atoms with Gasteiger partial charge in [-0.05, 0) is 38.1 Å². The van der Waals surface area contributed by atoms with E-state index in [1.807, 2.05) is 12.1 Å². The van der Waals surface area contributed by atoms with Crippen molar-refractivity contribution in [2.24, 2.45) is 0 Å². The molecule has 0 radical (unpaired) electrons. The van der Waals surface area contributed by atoms with Crippen molar-refractivity contribution < 1.29 is 4.79 Å². The van der Waals surface area contributed by atoms with Crippen molar-refractivity contribution in [3.8, 4) is 0 Å². The molecule has 1 N–H and O–H groups in total. The molecule has 3 heteroatoms. The molecule has 74 valence electrons. The van der Waals surface area contributed by atoms with Crippen LogP contribution in [0, 0.1) is 0 Å². The van der Waals surface area contributed by atoms with Gasteiger partial charge in [-0.25, -0.2) is 0 Å². The van der Waals surface area contributed by atoms with Gasteiger partial charge in [0.05, 0.1) is 5.69 Å². The molecule has 1 fully saturated rings. The van der Waals surface area contributed by atoms with Crippen molar-refractivity contribution in [1.82, 2.24) is 10.3 Å². The molecule has 2 heterocycles. The third-order valence-corrected chi connectivity index (χ3v) is 2.72. The van der Waals surface area contributed by atoms with Crippen LogP contribution in [-0.4, -0.2) is 24.4 Å². The van der Waals surface area contributed by atoms with Crippen LogP contribution < -0.4 is 5.32 Å². The minimum absolute atomic E-state index is 0.456. The summed E-state index contributed by atoms with van der Waals surface area (Å²) in [4.78, 5) is 15.1. The van der Waals surface area contributed by atoms with Gasteiger partial charge in [0.1, 0.15) is 0 Å². The first-order valence-corrected chi connectivity index (χ1v) is 5.02. The highest BCUT2D eigenvalue weighted by molar-refractivity contribution is 5.76. The van der Waals surface area contributed by atoms with Gasteiger partial charge < -0.3 is 5.32 Å². The molecule has 1 saturated heterocycles. The summed E-state index contributed by atoms with van der Waals surface area (Å²) in [5.74, 6) is 0.456. The van der Waals surface area contributed by atoms with Gasteiger partial charge in [0.2, 0.25) is 0 Å². The Kier molecular flexibility index (Phi) is 2.89. The van der Waals surface area contributed by atoms with Crippen LogP contribution in [0.1, 0.15) is 34.8 Å². The third kappa shape index (κ3) is 1.82. The van der Waals surface area contributed by atoms with Crippen molar-refractivity contribution in [2.45, 2.75) is 18.8 Å². The first kappa shape index (κ1) is 9.34. The quantitative estimate of drug-likeness (QED) is 0.716. The predicted molar refractivity (Wildman–Crippen MR) is 54.5 cm³/mol. The zero-order valence-corrected chi connectivity index (χ0v) is 8.07. The summed E-state index contributed by atoms with van der Waals surface area (Å²) >= 11 is 0. The number of nitrogens with one attached hydrogen (secondary N) is 1. The number of nitrogens with zero attached hydrogens (tertiary/aromatic N) is 1. The number of hydrogen-bond donors (Lipinski definition) is 1. The molecule has 14 heavy (non-hydrogen) atoms. The van der Waals surface area contributed by atoms with Crippen molar-refractivity contribution in [3.63, 3.8) is 0 Å². The molecule has 0 bridgehead atoms. The van der Waals surface area contributed by atoms with E-state index in [0.717, 1.165) is 43.5 Å². The summed E-state index contributed by atoms with van der Waals surface area (Å²) in [6, 6.07) is 3.66. The lowest BCUT2D eigenvalue weighted by Gasteiger charge is -2.22. The van der Waals surface area contributed by atoms with Gasteiger partial charge in [-0.15, -0.1) is 0 Å². The molecule has 0 atom stereocenters. The third-order valence-electron chi connectivity index (χ3n) is 2.72. The number of carbonyl (C=O) groups excluding carboxylic acids is 1. The van der Waals surface area contributed by atoms with E-state index >= 15 is 0 Å². The van der Waals surface area contributed by atoms with E-state index in [-0.39, 0.29) is 0 Å². The van der Waals surface area contributed by atoms with Crippen LogP contribution in [0.15, 0.2) is 18.3 Å². The van der Waals surface area contributed by atoms with E-state index in [0.29, 0.717) is 5.92 Å². The lowest BCUT2D eigenvalue weighted by atomic mass is 9.91. The van der Waals surface area contributed by atoms with Crippen LogP contribution in [0.5, 0.6) is 0 Å². The number of aromatic nitrogens is 1. The first-order chi connectivity index (χ1) is 6.92. The number of aldehydes is 1. The Balaban J connectivity index is 2.24. The minimum atomic E-state index is 0.456. The second kappa shape index (κ2) is 4.33. The van der Waals surface area contributed by atoms with Crippen LogP contribution >= 0.6 is 0 Å². The number of carbonyl (C=O) groups is 1. The normalized spacial score (nSPS) is 18.0. The van der Waals surface area contributed by atoms with E-state index in [1.54, 1.807) is 6.20 Å². The molecule has 1 aliphatic rings. The fraction of sp³-hybridized carbons (Fsp3) is 0.455. The lowest BCUT2D eigenvalue weighted by molar-refractivity contribution is 0.112. The van der Waals surface area contributed by atoms with Crippen molar-refractivity contribution in [3.05, 3.63) is 29.6 Å². The maximum absolute atomic E-state index is 10.8. The van der Waals surface area contributed by atoms with E-state index in [4.69, 9.17) is 0 Å². The Labute approximate surface area is 83.5 Å². The summed E-state index contributed by atoms with van der Waals surface area (Å²) < 4.78 is 0. The maximum atomic E-state index is 10.8. The Morgan fingerprint density at radius 1 is 1.43 bits per heavy atom. The molecule has 0 aromatic carbocycles. The predicted octanol–water partition coefficient (Wildman–Crippen LogP) is 1.36. The van der Waals surface area contributed by atoms with Gasteiger partial charge in [-0.3, -0.25) is 9.78 Å². The standard InChI is InChI=1S/C11H14N2O/c14-8-10-2-1-5-13-11(10)9-3-6-12-7-4-9/h1-2,5,8-9,12H,3-4,6-7H2. The number of piperidine rings is 1.